The van der Waals surface area contributed by atoms with E-state index in [1.165, 1.54) is 0 Å². The van der Waals surface area contributed by atoms with Crippen LogP contribution in [0.15, 0.2) is 0 Å². The van der Waals surface area contributed by atoms with Crippen LogP contribution in [0.2, 0.25) is 0 Å². The Kier molecular flexibility index (Phi) is 36.2. The Morgan fingerprint density at radius 2 is 0.800 bits per heavy atom. The molecule has 0 bridgehead atoms. The van der Waals surface area contributed by atoms with Gasteiger partial charge in [-0.15, -0.1) is 0 Å². The van der Waals surface area contributed by atoms with Crippen LogP contribution in [-0.2, 0) is 17.1 Å². The quantitative estimate of drug-likeness (QED) is 0.372. The number of carbonyl (C=O) groups is 2. The van der Waals surface area contributed by atoms with E-state index < -0.39 is 12.3 Å². The van der Waals surface area contributed by atoms with Gasteiger partial charge in [-0.3, -0.25) is 0 Å². The van der Waals surface area contributed by atoms with E-state index in [-0.39, 0.29) is 54.8 Å². The SMILES string of the molecule is O=C([O-])[O-].O=C([O-])[O-].[Ca+2].[Fe+2]. The Hall–Kier alpha value is 0.319. The van der Waals surface area contributed by atoms with Crippen LogP contribution in [0.4, 0.5) is 9.59 Å². The summed E-state index contributed by atoms with van der Waals surface area (Å²) in [5.41, 5.74) is 0. The molecule has 0 aliphatic carbocycles. The first-order valence-corrected chi connectivity index (χ1v) is 1.22. The molecule has 54 valence electrons. The molecule has 0 unspecified atom stereocenters. The van der Waals surface area contributed by atoms with Crippen LogP contribution in [0.1, 0.15) is 0 Å². The van der Waals surface area contributed by atoms with E-state index in [0.717, 1.165) is 0 Å². The summed E-state index contributed by atoms with van der Waals surface area (Å²) in [6.45, 7) is 0. The van der Waals surface area contributed by atoms with Gasteiger partial charge < -0.3 is 30.0 Å². The van der Waals surface area contributed by atoms with Crippen LogP contribution in [-0.4, -0.2) is 50.0 Å². The molecule has 0 aliphatic heterocycles. The second kappa shape index (κ2) is 16.2. The van der Waals surface area contributed by atoms with E-state index in [9.17, 15) is 0 Å². The van der Waals surface area contributed by atoms with Gasteiger partial charge in [-0.1, -0.05) is 0 Å². The standard InChI is InChI=1S/2CH2O3.Ca.Fe/c2*2-1(3)4;;/h2*(H2,2,3,4);;/q;;2*+2/p-4. The first-order valence-electron chi connectivity index (χ1n) is 1.22. The van der Waals surface area contributed by atoms with Crippen molar-refractivity contribution >= 4 is 50.0 Å². The van der Waals surface area contributed by atoms with Crippen LogP contribution in [0.5, 0.6) is 0 Å². The topological polar surface area (TPSA) is 126 Å². The van der Waals surface area contributed by atoms with Crippen molar-refractivity contribution in [1.82, 2.24) is 0 Å². The second-order valence-corrected chi connectivity index (χ2v) is 0.500. The second-order valence-electron chi connectivity index (χ2n) is 0.500. The Labute approximate surface area is 96.3 Å². The van der Waals surface area contributed by atoms with E-state index in [1.807, 2.05) is 0 Å². The molecule has 0 aliphatic rings. The summed E-state index contributed by atoms with van der Waals surface area (Å²) in [4.78, 5) is 16.7. The van der Waals surface area contributed by atoms with Gasteiger partial charge in [-0.25, -0.2) is 0 Å². The summed E-state index contributed by atoms with van der Waals surface area (Å²) in [5, 5.41) is 33.3. The van der Waals surface area contributed by atoms with E-state index in [0.29, 0.717) is 0 Å². The van der Waals surface area contributed by atoms with Crippen LogP contribution >= 0.6 is 0 Å². The van der Waals surface area contributed by atoms with Gasteiger partial charge in [0.05, 0.1) is 0 Å². The minimum Gasteiger partial charge on any atom is -0.652 e. The van der Waals surface area contributed by atoms with Crippen LogP contribution in [0.25, 0.3) is 0 Å². The molecule has 0 saturated heterocycles. The molecule has 0 aromatic rings. The van der Waals surface area contributed by atoms with Gasteiger partial charge >= 0.3 is 54.8 Å². The Balaban J connectivity index is -0.0000000300. The molecule has 0 heterocycles. The van der Waals surface area contributed by atoms with E-state index in [4.69, 9.17) is 30.0 Å². The van der Waals surface area contributed by atoms with Crippen molar-refractivity contribution in [2.24, 2.45) is 0 Å². The summed E-state index contributed by atoms with van der Waals surface area (Å²) in [5.74, 6) is 0. The minimum atomic E-state index is -2.33. The molecule has 0 N–H and O–H groups in total. The van der Waals surface area contributed by atoms with Gasteiger partial charge in [0.25, 0.3) is 0 Å². The van der Waals surface area contributed by atoms with Gasteiger partial charge in [0.1, 0.15) is 0 Å². The molecule has 0 aromatic carbocycles. The summed E-state index contributed by atoms with van der Waals surface area (Å²) in [6, 6.07) is 0. The average Bonchev–Trinajstić information content (AvgIpc) is 1.25. The Morgan fingerprint density at radius 3 is 0.800 bits per heavy atom. The van der Waals surface area contributed by atoms with E-state index in [1.54, 1.807) is 0 Å². The predicted octanol–water partition coefficient (Wildman–Crippen LogP) is -5.28. The number of carboxylic acid groups (broad SMARTS) is 4. The third kappa shape index (κ3) is 4370. The first kappa shape index (κ1) is 22.4. The summed E-state index contributed by atoms with van der Waals surface area (Å²) >= 11 is 0. The molecule has 0 atom stereocenters. The maximum absolute atomic E-state index is 8.33. The number of carbonyl (C=O) groups excluding carboxylic acids is 2. The maximum atomic E-state index is 8.33. The largest absolute Gasteiger partial charge is 2.00 e. The minimum absolute atomic E-state index is 0. The molecule has 0 fully saturated rings. The fourth-order valence-electron chi connectivity index (χ4n) is 0. The molecule has 6 nitrogen and oxygen atoms in total. The normalized spacial score (nSPS) is 4.80. The Bertz CT molecular complexity index is 73.7. The monoisotopic (exact) mass is 216 g/mol. The molecule has 0 rings (SSSR count). The van der Waals surface area contributed by atoms with E-state index >= 15 is 0 Å². The number of rotatable bonds is 0. The van der Waals surface area contributed by atoms with Crippen molar-refractivity contribution in [3.8, 4) is 0 Å². The van der Waals surface area contributed by atoms with Gasteiger partial charge in [-0.2, -0.15) is 0 Å². The molecular weight excluding hydrogens is 216 g/mol. The smallest absolute Gasteiger partial charge is 0.652 e. The van der Waals surface area contributed by atoms with Crippen molar-refractivity contribution in [3.63, 3.8) is 0 Å². The van der Waals surface area contributed by atoms with Crippen LogP contribution in [0.3, 0.4) is 0 Å². The number of hydrogen-bond donors (Lipinski definition) is 0. The van der Waals surface area contributed by atoms with Gasteiger partial charge in [0, 0.05) is 0 Å². The summed E-state index contributed by atoms with van der Waals surface area (Å²) in [6.07, 6.45) is -4.67. The molecule has 0 saturated carbocycles. The molecule has 0 radical (unpaired) electrons. The summed E-state index contributed by atoms with van der Waals surface area (Å²) in [7, 11) is 0. The number of hydrogen-bond acceptors (Lipinski definition) is 6. The third-order valence-corrected chi connectivity index (χ3v) is 0. The fourth-order valence-corrected chi connectivity index (χ4v) is 0. The predicted molar refractivity (Wildman–Crippen MR) is 16.5 cm³/mol. The van der Waals surface area contributed by atoms with Gasteiger partial charge in [-0.05, 0) is 12.3 Å². The molecular formula is C2CaFeO6. The van der Waals surface area contributed by atoms with Crippen molar-refractivity contribution in [1.29, 1.82) is 0 Å². The Morgan fingerprint density at radius 1 is 0.800 bits per heavy atom. The molecule has 8 heteroatoms. The van der Waals surface area contributed by atoms with Gasteiger partial charge in [0.15, 0.2) is 0 Å². The third-order valence-electron chi connectivity index (χ3n) is 0. The van der Waals surface area contributed by atoms with Crippen molar-refractivity contribution in [2.45, 2.75) is 0 Å². The fraction of sp³-hybridized carbons (Fsp3) is 0. The van der Waals surface area contributed by atoms with Crippen molar-refractivity contribution in [3.05, 3.63) is 0 Å². The molecule has 0 spiro atoms. The zero-order chi connectivity index (χ0) is 7.15. The molecule has 0 aromatic heterocycles. The first-order chi connectivity index (χ1) is 3.46. The van der Waals surface area contributed by atoms with Crippen LogP contribution in [0, 0.1) is 0 Å². The van der Waals surface area contributed by atoms with Gasteiger partial charge in [0.2, 0.25) is 0 Å². The zero-order valence-electron chi connectivity index (χ0n) is 4.51. The summed E-state index contributed by atoms with van der Waals surface area (Å²) < 4.78 is 0. The zero-order valence-corrected chi connectivity index (χ0v) is 7.82. The van der Waals surface area contributed by atoms with Crippen molar-refractivity contribution < 1.29 is 47.1 Å². The van der Waals surface area contributed by atoms with Crippen LogP contribution < -0.4 is 20.4 Å². The van der Waals surface area contributed by atoms with E-state index in [2.05, 4.69) is 0 Å². The maximum Gasteiger partial charge on any atom is 2.00 e. The molecule has 10 heavy (non-hydrogen) atoms. The van der Waals surface area contributed by atoms with Crippen molar-refractivity contribution in [2.75, 3.05) is 0 Å². The average molecular weight is 216 g/mol. The molecule has 0 amide bonds.